The van der Waals surface area contributed by atoms with E-state index < -0.39 is 4.93 Å². The van der Waals surface area contributed by atoms with Gasteiger partial charge in [0.2, 0.25) is 0 Å². The van der Waals surface area contributed by atoms with Crippen LogP contribution >= 0.6 is 36.4 Å². The Morgan fingerprint density at radius 2 is 2.00 bits per heavy atom. The first-order chi connectivity index (χ1) is 8.91. The quantitative estimate of drug-likeness (QED) is 0.166. The van der Waals surface area contributed by atoms with Crippen molar-refractivity contribution in [1.82, 2.24) is 0 Å². The van der Waals surface area contributed by atoms with E-state index in [1.165, 1.54) is 11.8 Å². The van der Waals surface area contributed by atoms with Crippen LogP contribution in [0.4, 0.5) is 0 Å². The Morgan fingerprint density at radius 3 is 2.58 bits per heavy atom. The van der Waals surface area contributed by atoms with Crippen molar-refractivity contribution < 1.29 is 18.5 Å². The Morgan fingerprint density at radius 1 is 1.32 bits per heavy atom. The third-order valence-corrected chi connectivity index (χ3v) is 3.86. The van der Waals surface area contributed by atoms with Gasteiger partial charge in [-0.05, 0) is 13.8 Å². The number of thioether (sulfide) groups is 1. The molecule has 0 aromatic rings. The number of ether oxygens (including phenoxy) is 1. The number of hydrogen-bond donors (Lipinski definition) is 1. The van der Waals surface area contributed by atoms with Crippen LogP contribution in [0.15, 0.2) is 12.7 Å². The molecule has 0 saturated carbocycles. The van der Waals surface area contributed by atoms with Gasteiger partial charge in [0, 0.05) is 17.3 Å². The number of thiol groups is 1. The van der Waals surface area contributed by atoms with Crippen LogP contribution in [-0.4, -0.2) is 34.1 Å². The molecular formula is C12H20O4S3. The summed E-state index contributed by atoms with van der Waals surface area (Å²) in [5.41, 5.74) is 0. The number of esters is 1. The third-order valence-electron chi connectivity index (χ3n) is 1.77. The second-order valence-electron chi connectivity index (χ2n) is 3.97. The summed E-state index contributed by atoms with van der Waals surface area (Å²) in [4.78, 5) is 22.0. The van der Waals surface area contributed by atoms with Gasteiger partial charge < -0.3 is 8.92 Å². The molecule has 0 aliphatic carbocycles. The van der Waals surface area contributed by atoms with Crippen molar-refractivity contribution in [3.63, 3.8) is 0 Å². The maximum absolute atomic E-state index is 11.3. The largest absolute Gasteiger partial charge is 0.449 e. The molecule has 0 fully saturated rings. The zero-order valence-corrected chi connectivity index (χ0v) is 13.7. The molecule has 0 bridgehead atoms. The van der Waals surface area contributed by atoms with Crippen molar-refractivity contribution in [2.24, 2.45) is 0 Å². The van der Waals surface area contributed by atoms with Gasteiger partial charge >= 0.3 is 11.9 Å². The van der Waals surface area contributed by atoms with Crippen LogP contribution in [0.2, 0.25) is 0 Å². The summed E-state index contributed by atoms with van der Waals surface area (Å²) in [6.45, 7) is 7.12. The molecular weight excluding hydrogens is 304 g/mol. The molecule has 4 nitrogen and oxygen atoms in total. The van der Waals surface area contributed by atoms with Gasteiger partial charge in [0.1, 0.15) is 0 Å². The Kier molecular flexibility index (Phi) is 10.4. The average Bonchev–Trinajstić information content (AvgIpc) is 2.28. The summed E-state index contributed by atoms with van der Waals surface area (Å²) in [5.74, 6) is 1.01. The molecule has 0 spiro atoms. The molecule has 0 aromatic carbocycles. The first-order valence-corrected chi connectivity index (χ1v) is 8.34. The van der Waals surface area contributed by atoms with E-state index in [4.69, 9.17) is 8.92 Å². The highest BCUT2D eigenvalue weighted by molar-refractivity contribution is 8.00. The van der Waals surface area contributed by atoms with E-state index in [-0.39, 0.29) is 24.8 Å². The van der Waals surface area contributed by atoms with Crippen LogP contribution in [0.1, 0.15) is 26.7 Å². The molecule has 0 aromatic heterocycles. The van der Waals surface area contributed by atoms with Crippen molar-refractivity contribution in [1.29, 1.82) is 0 Å². The molecule has 0 aliphatic heterocycles. The topological polar surface area (TPSA) is 52.6 Å². The molecule has 0 radical (unpaired) electrons. The lowest BCUT2D eigenvalue weighted by atomic mass is 10.4. The van der Waals surface area contributed by atoms with E-state index in [9.17, 15) is 9.59 Å². The summed E-state index contributed by atoms with van der Waals surface area (Å²) in [5, 5.41) is 0. The molecule has 0 rings (SSSR count). The molecule has 0 unspecified atom stereocenters. The third kappa shape index (κ3) is 11.3. The van der Waals surface area contributed by atoms with Crippen molar-refractivity contribution in [2.45, 2.75) is 31.6 Å². The average molecular weight is 324 g/mol. The van der Waals surface area contributed by atoms with Gasteiger partial charge in [0.25, 0.3) is 0 Å². The summed E-state index contributed by atoms with van der Waals surface area (Å²) < 4.78 is 10.2. The van der Waals surface area contributed by atoms with Crippen LogP contribution < -0.4 is 0 Å². The van der Waals surface area contributed by atoms with E-state index in [1.807, 2.05) is 0 Å². The number of carbonyl (C=O) groups is 2. The fraction of sp³-hybridized carbons (Fsp3) is 0.667. The lowest BCUT2D eigenvalue weighted by Crippen LogP contribution is -2.25. The van der Waals surface area contributed by atoms with Gasteiger partial charge in [0.15, 0.2) is 4.93 Å². The highest BCUT2D eigenvalue weighted by Gasteiger charge is 2.23. The minimum atomic E-state index is -0.644. The summed E-state index contributed by atoms with van der Waals surface area (Å²) in [6, 6.07) is 0. The molecule has 7 heteroatoms. The summed E-state index contributed by atoms with van der Waals surface area (Å²) in [7, 11) is 0. The molecule has 19 heavy (non-hydrogen) atoms. The van der Waals surface area contributed by atoms with Gasteiger partial charge in [0.05, 0.1) is 24.9 Å². The fourth-order valence-corrected chi connectivity index (χ4v) is 2.49. The summed E-state index contributed by atoms with van der Waals surface area (Å²) >= 11 is 6.44. The van der Waals surface area contributed by atoms with Gasteiger partial charge in [-0.3, -0.25) is 9.59 Å². The van der Waals surface area contributed by atoms with Gasteiger partial charge in [-0.15, -0.1) is 18.3 Å². The lowest BCUT2D eigenvalue weighted by molar-refractivity contribution is -0.148. The summed E-state index contributed by atoms with van der Waals surface area (Å²) in [6.07, 6.45) is 2.23. The van der Waals surface area contributed by atoms with Crippen molar-refractivity contribution in [2.75, 3.05) is 17.3 Å². The maximum atomic E-state index is 11.3. The molecule has 0 saturated heterocycles. The Balaban J connectivity index is 3.81. The smallest absolute Gasteiger partial charge is 0.318 e. The number of carbonyl (C=O) groups excluding carboxylic acids is 2. The highest BCUT2D eigenvalue weighted by Crippen LogP contribution is 2.27. The second-order valence-corrected chi connectivity index (χ2v) is 6.84. The van der Waals surface area contributed by atoms with Crippen LogP contribution in [0, 0.1) is 0 Å². The Bertz CT molecular complexity index is 305. The van der Waals surface area contributed by atoms with Crippen molar-refractivity contribution in [3.8, 4) is 0 Å². The van der Waals surface area contributed by atoms with Crippen molar-refractivity contribution >= 4 is 48.4 Å². The van der Waals surface area contributed by atoms with Crippen LogP contribution in [0.5, 0.6) is 0 Å². The second kappa shape index (κ2) is 10.5. The maximum Gasteiger partial charge on any atom is 0.318 e. The molecule has 0 heterocycles. The van der Waals surface area contributed by atoms with Gasteiger partial charge in [-0.2, -0.15) is 12.6 Å². The van der Waals surface area contributed by atoms with Crippen LogP contribution in [-0.2, 0) is 18.5 Å². The van der Waals surface area contributed by atoms with E-state index in [2.05, 4.69) is 19.2 Å². The SMILES string of the molecule is C=CCSOC(=O)CCSC(C)(C)OC(=O)CCS. The zero-order chi connectivity index (χ0) is 14.7. The molecule has 0 N–H and O–H groups in total. The molecule has 0 atom stereocenters. The minimum absolute atomic E-state index is 0.280. The zero-order valence-electron chi connectivity index (χ0n) is 11.2. The van der Waals surface area contributed by atoms with E-state index in [1.54, 1.807) is 19.9 Å². The molecule has 0 aliphatic rings. The van der Waals surface area contributed by atoms with Crippen LogP contribution in [0.3, 0.4) is 0 Å². The predicted molar refractivity (Wildman–Crippen MR) is 84.5 cm³/mol. The highest BCUT2D eigenvalue weighted by atomic mass is 32.2. The number of rotatable bonds is 10. The fourth-order valence-electron chi connectivity index (χ4n) is 1.02. The van der Waals surface area contributed by atoms with E-state index >= 15 is 0 Å². The Labute approximate surface area is 128 Å². The minimum Gasteiger partial charge on any atom is -0.449 e. The van der Waals surface area contributed by atoms with Crippen LogP contribution in [0.25, 0.3) is 0 Å². The molecule has 0 amide bonds. The normalized spacial score (nSPS) is 10.9. The monoisotopic (exact) mass is 324 g/mol. The van der Waals surface area contributed by atoms with Gasteiger partial charge in [-0.25, -0.2) is 0 Å². The van der Waals surface area contributed by atoms with Gasteiger partial charge in [-0.1, -0.05) is 6.08 Å². The first-order valence-electron chi connectivity index (χ1n) is 5.81. The Hall–Kier alpha value is -0.270. The van der Waals surface area contributed by atoms with E-state index in [0.717, 1.165) is 12.0 Å². The van der Waals surface area contributed by atoms with Crippen molar-refractivity contribution in [3.05, 3.63) is 12.7 Å². The standard InChI is InChI=1S/C12H20O4S3/c1-4-8-19-16-11(14)6-9-18-12(2,3)15-10(13)5-7-17/h4,17H,1,5-9H2,2-3H3. The molecule has 110 valence electrons. The first kappa shape index (κ1) is 18.7. The van der Waals surface area contributed by atoms with E-state index in [0.29, 0.717) is 17.3 Å². The number of hydrogen-bond acceptors (Lipinski definition) is 7. The lowest BCUT2D eigenvalue weighted by Gasteiger charge is -2.24. The predicted octanol–water partition coefficient (Wildman–Crippen LogP) is 3.09.